The lowest BCUT2D eigenvalue weighted by Crippen LogP contribution is -2.10. The summed E-state index contributed by atoms with van der Waals surface area (Å²) in [7, 11) is 0. The van der Waals surface area contributed by atoms with Crippen LogP contribution in [0.15, 0.2) is 60.7 Å². The Morgan fingerprint density at radius 1 is 0.667 bits per heavy atom. The molecule has 158 valence electrons. The zero-order chi connectivity index (χ0) is 21.9. The van der Waals surface area contributed by atoms with E-state index in [0.29, 0.717) is 11.3 Å². The second-order valence-corrected chi connectivity index (χ2v) is 10.3. The van der Waals surface area contributed by atoms with E-state index in [1.807, 2.05) is 0 Å². The molecule has 0 fully saturated rings. The monoisotopic (exact) mass is 398 g/mol. The highest BCUT2D eigenvalue weighted by Gasteiger charge is 2.15. The molecule has 0 nitrogen and oxygen atoms in total. The molecule has 0 bridgehead atoms. The maximum Gasteiger partial charge on any atom is 0.00612 e. The summed E-state index contributed by atoms with van der Waals surface area (Å²) in [4.78, 5) is 0. The van der Waals surface area contributed by atoms with Crippen molar-refractivity contribution in [2.75, 3.05) is 0 Å². The number of hydrogen-bond acceptors (Lipinski definition) is 0. The summed E-state index contributed by atoms with van der Waals surface area (Å²) in [5, 5.41) is 0. The standard InChI is InChI=1S/C30H38/c1-21-8-10-25(11-9-21)12-13-26-14-15-27(18-22(26)2)24(4)28-16-17-29(23(3)19-28)20-30(5,6)7/h8-11,14-19,24H,12-13,20H2,1-7H3. The molecule has 0 spiro atoms. The van der Waals surface area contributed by atoms with Crippen LogP contribution in [0.25, 0.3) is 0 Å². The molecule has 0 amide bonds. The van der Waals surface area contributed by atoms with Gasteiger partial charge in [0, 0.05) is 5.92 Å². The highest BCUT2D eigenvalue weighted by Crippen LogP contribution is 2.30. The minimum atomic E-state index is 0.323. The van der Waals surface area contributed by atoms with Gasteiger partial charge in [0.1, 0.15) is 0 Å². The van der Waals surface area contributed by atoms with E-state index in [1.165, 1.54) is 44.5 Å². The molecule has 0 saturated carbocycles. The number of aryl methyl sites for hydroxylation is 5. The minimum Gasteiger partial charge on any atom is -0.0599 e. The number of benzene rings is 3. The number of rotatable bonds is 6. The highest BCUT2D eigenvalue weighted by molar-refractivity contribution is 5.41. The van der Waals surface area contributed by atoms with Gasteiger partial charge in [-0.15, -0.1) is 0 Å². The lowest BCUT2D eigenvalue weighted by molar-refractivity contribution is 0.410. The molecule has 0 aromatic heterocycles. The van der Waals surface area contributed by atoms with Crippen molar-refractivity contribution in [1.29, 1.82) is 0 Å². The van der Waals surface area contributed by atoms with Crippen LogP contribution in [0.1, 0.15) is 78.1 Å². The molecule has 3 aromatic rings. The average molecular weight is 399 g/mol. The van der Waals surface area contributed by atoms with Gasteiger partial charge in [-0.25, -0.2) is 0 Å². The van der Waals surface area contributed by atoms with Gasteiger partial charge in [-0.1, -0.05) is 93.9 Å². The predicted octanol–water partition coefficient (Wildman–Crippen LogP) is 8.14. The maximum absolute atomic E-state index is 2.40. The summed E-state index contributed by atoms with van der Waals surface area (Å²) < 4.78 is 0. The Labute approximate surface area is 184 Å². The van der Waals surface area contributed by atoms with Crippen molar-refractivity contribution >= 4 is 0 Å². The van der Waals surface area contributed by atoms with Crippen molar-refractivity contribution in [2.24, 2.45) is 5.41 Å². The van der Waals surface area contributed by atoms with Gasteiger partial charge in [-0.3, -0.25) is 0 Å². The Kier molecular flexibility index (Phi) is 6.86. The van der Waals surface area contributed by atoms with Crippen LogP contribution in [0, 0.1) is 26.2 Å². The normalized spacial score (nSPS) is 12.8. The Morgan fingerprint density at radius 3 is 1.70 bits per heavy atom. The summed E-state index contributed by atoms with van der Waals surface area (Å²) in [5.74, 6) is 0.414. The average Bonchev–Trinajstić information content (AvgIpc) is 2.68. The fraction of sp³-hybridized carbons (Fsp3) is 0.400. The largest absolute Gasteiger partial charge is 0.0599 e. The van der Waals surface area contributed by atoms with Crippen molar-refractivity contribution in [1.82, 2.24) is 0 Å². The van der Waals surface area contributed by atoms with Crippen LogP contribution >= 0.6 is 0 Å². The fourth-order valence-corrected chi connectivity index (χ4v) is 4.25. The van der Waals surface area contributed by atoms with Crippen LogP contribution in [0.2, 0.25) is 0 Å². The smallest absolute Gasteiger partial charge is 0.00612 e. The van der Waals surface area contributed by atoms with Crippen LogP contribution in [0.3, 0.4) is 0 Å². The predicted molar refractivity (Wildman–Crippen MR) is 132 cm³/mol. The zero-order valence-corrected chi connectivity index (χ0v) is 20.0. The third-order valence-electron chi connectivity index (χ3n) is 6.26. The van der Waals surface area contributed by atoms with Crippen molar-refractivity contribution in [3.63, 3.8) is 0 Å². The van der Waals surface area contributed by atoms with E-state index in [4.69, 9.17) is 0 Å². The summed E-state index contributed by atoms with van der Waals surface area (Å²) in [6, 6.07) is 23.1. The van der Waals surface area contributed by atoms with Gasteiger partial charge in [0.05, 0.1) is 0 Å². The molecule has 0 heteroatoms. The van der Waals surface area contributed by atoms with Crippen molar-refractivity contribution in [3.8, 4) is 0 Å². The zero-order valence-electron chi connectivity index (χ0n) is 20.0. The Bertz CT molecular complexity index is 984. The van der Waals surface area contributed by atoms with Gasteiger partial charge in [-0.05, 0) is 84.4 Å². The van der Waals surface area contributed by atoms with E-state index >= 15 is 0 Å². The van der Waals surface area contributed by atoms with Crippen molar-refractivity contribution in [3.05, 3.63) is 105 Å². The maximum atomic E-state index is 2.40. The molecule has 0 aliphatic heterocycles. The molecule has 0 saturated heterocycles. The quantitative estimate of drug-likeness (QED) is 0.393. The molecule has 1 atom stereocenters. The van der Waals surface area contributed by atoms with Gasteiger partial charge in [0.15, 0.2) is 0 Å². The van der Waals surface area contributed by atoms with Crippen LogP contribution < -0.4 is 0 Å². The summed E-state index contributed by atoms with van der Waals surface area (Å²) >= 11 is 0. The summed E-state index contributed by atoms with van der Waals surface area (Å²) in [6.07, 6.45) is 3.33. The molecule has 0 heterocycles. The number of hydrogen-bond donors (Lipinski definition) is 0. The molecule has 0 aliphatic rings. The summed E-state index contributed by atoms with van der Waals surface area (Å²) in [5.41, 5.74) is 11.7. The Morgan fingerprint density at radius 2 is 1.20 bits per heavy atom. The minimum absolute atomic E-state index is 0.323. The molecular weight excluding hydrogens is 360 g/mol. The second-order valence-electron chi connectivity index (χ2n) is 10.3. The van der Waals surface area contributed by atoms with Gasteiger partial charge < -0.3 is 0 Å². The van der Waals surface area contributed by atoms with E-state index in [0.717, 1.165) is 19.3 Å². The van der Waals surface area contributed by atoms with Gasteiger partial charge in [-0.2, -0.15) is 0 Å². The van der Waals surface area contributed by atoms with E-state index in [-0.39, 0.29) is 0 Å². The fourth-order valence-electron chi connectivity index (χ4n) is 4.25. The Balaban J connectivity index is 1.72. The van der Waals surface area contributed by atoms with E-state index in [1.54, 1.807) is 0 Å². The van der Waals surface area contributed by atoms with Gasteiger partial charge in [0.25, 0.3) is 0 Å². The first-order valence-corrected chi connectivity index (χ1v) is 11.4. The third-order valence-corrected chi connectivity index (χ3v) is 6.26. The molecule has 3 rings (SSSR count). The molecule has 30 heavy (non-hydrogen) atoms. The Hall–Kier alpha value is -2.34. The second kappa shape index (κ2) is 9.21. The highest BCUT2D eigenvalue weighted by atomic mass is 14.2. The molecular formula is C30H38. The molecule has 0 radical (unpaired) electrons. The van der Waals surface area contributed by atoms with Crippen LogP contribution in [-0.2, 0) is 19.3 Å². The first kappa shape index (κ1) is 22.3. The van der Waals surface area contributed by atoms with Crippen LogP contribution in [0.4, 0.5) is 0 Å². The topological polar surface area (TPSA) is 0 Å². The van der Waals surface area contributed by atoms with Crippen LogP contribution in [0.5, 0.6) is 0 Å². The van der Waals surface area contributed by atoms with Crippen molar-refractivity contribution < 1.29 is 0 Å². The van der Waals surface area contributed by atoms with Crippen molar-refractivity contribution in [2.45, 2.75) is 73.6 Å². The van der Waals surface area contributed by atoms with E-state index in [9.17, 15) is 0 Å². The first-order chi connectivity index (χ1) is 14.1. The lowest BCUT2D eigenvalue weighted by atomic mass is 9.84. The van der Waals surface area contributed by atoms with Gasteiger partial charge in [0.2, 0.25) is 0 Å². The molecule has 0 aliphatic carbocycles. The summed E-state index contributed by atoms with van der Waals surface area (Å²) in [6.45, 7) is 15.9. The van der Waals surface area contributed by atoms with Crippen LogP contribution in [-0.4, -0.2) is 0 Å². The molecule has 1 unspecified atom stereocenters. The molecule has 0 N–H and O–H groups in total. The van der Waals surface area contributed by atoms with Gasteiger partial charge >= 0.3 is 0 Å². The first-order valence-electron chi connectivity index (χ1n) is 11.4. The lowest BCUT2D eigenvalue weighted by Gasteiger charge is -2.21. The SMILES string of the molecule is Cc1ccc(CCc2ccc(C(C)c3ccc(CC(C)(C)C)c(C)c3)cc2C)cc1. The third kappa shape index (κ3) is 5.85. The molecule has 3 aromatic carbocycles. The van der Waals surface area contributed by atoms with E-state index < -0.39 is 0 Å². The van der Waals surface area contributed by atoms with E-state index in [2.05, 4.69) is 109 Å².